The summed E-state index contributed by atoms with van der Waals surface area (Å²) in [6.07, 6.45) is 0. The molecule has 3 amide bonds. The quantitative estimate of drug-likeness (QED) is 0.752. The number of benzene rings is 2. The van der Waals surface area contributed by atoms with Crippen LogP contribution in [0.3, 0.4) is 0 Å². The van der Waals surface area contributed by atoms with Gasteiger partial charge in [0.25, 0.3) is 17.7 Å². The van der Waals surface area contributed by atoms with E-state index in [1.165, 1.54) is 15.9 Å². The number of likely N-dealkylation sites (N-methyl/N-ethyl adjacent to an activating group) is 1. The predicted molar refractivity (Wildman–Crippen MR) is 104 cm³/mol. The number of amides is 3. The Labute approximate surface area is 171 Å². The molecule has 156 valence electrons. The van der Waals surface area contributed by atoms with Crippen LogP contribution >= 0.6 is 0 Å². The van der Waals surface area contributed by atoms with Crippen molar-refractivity contribution in [2.75, 3.05) is 44.7 Å². The number of anilines is 1. The number of carbonyl (C=O) groups excluding carboxylic acids is 3. The van der Waals surface area contributed by atoms with Gasteiger partial charge in [-0.25, -0.2) is 8.78 Å². The molecule has 2 aliphatic heterocycles. The molecule has 2 aliphatic rings. The van der Waals surface area contributed by atoms with Crippen LogP contribution < -0.4 is 9.64 Å². The maximum atomic E-state index is 13.9. The van der Waals surface area contributed by atoms with Crippen molar-refractivity contribution in [3.63, 3.8) is 0 Å². The number of carbonyl (C=O) groups is 3. The Morgan fingerprint density at radius 1 is 0.933 bits per heavy atom. The third kappa shape index (κ3) is 3.47. The topological polar surface area (TPSA) is 70.2 Å². The zero-order valence-corrected chi connectivity index (χ0v) is 16.2. The molecular weight excluding hydrogens is 396 g/mol. The molecule has 9 heteroatoms. The number of hydrogen-bond donors (Lipinski definition) is 0. The van der Waals surface area contributed by atoms with Gasteiger partial charge in [-0.05, 0) is 30.3 Å². The van der Waals surface area contributed by atoms with Gasteiger partial charge in [-0.15, -0.1) is 0 Å². The van der Waals surface area contributed by atoms with Gasteiger partial charge in [0.05, 0.1) is 5.69 Å². The summed E-state index contributed by atoms with van der Waals surface area (Å²) in [6, 6.07) is 8.15. The minimum absolute atomic E-state index is 0.0462. The minimum Gasteiger partial charge on any atom is -0.482 e. The fourth-order valence-electron chi connectivity index (χ4n) is 3.56. The van der Waals surface area contributed by atoms with E-state index in [4.69, 9.17) is 4.74 Å². The molecule has 4 rings (SSSR count). The van der Waals surface area contributed by atoms with E-state index in [0.717, 1.165) is 12.1 Å². The van der Waals surface area contributed by atoms with E-state index in [1.54, 1.807) is 30.1 Å². The van der Waals surface area contributed by atoms with E-state index >= 15 is 0 Å². The summed E-state index contributed by atoms with van der Waals surface area (Å²) in [5, 5.41) is 0. The number of ether oxygens (including phenoxy) is 1. The van der Waals surface area contributed by atoms with Crippen LogP contribution in [-0.2, 0) is 4.79 Å². The molecular formula is C21H19F2N3O4. The van der Waals surface area contributed by atoms with Crippen LogP contribution in [0.4, 0.5) is 14.5 Å². The van der Waals surface area contributed by atoms with Crippen molar-refractivity contribution in [1.29, 1.82) is 0 Å². The van der Waals surface area contributed by atoms with Crippen molar-refractivity contribution in [1.82, 2.24) is 9.80 Å². The van der Waals surface area contributed by atoms with Crippen molar-refractivity contribution < 1.29 is 27.9 Å². The highest BCUT2D eigenvalue weighted by atomic mass is 19.1. The van der Waals surface area contributed by atoms with E-state index in [2.05, 4.69) is 0 Å². The first-order valence-electron chi connectivity index (χ1n) is 9.43. The largest absolute Gasteiger partial charge is 0.482 e. The monoisotopic (exact) mass is 415 g/mol. The SMILES string of the molecule is CN1C(=O)COc2ccc(C(=O)N3CCN(C(=O)c4c(F)cccc4F)CC3)cc21. The number of rotatable bonds is 2. The average molecular weight is 415 g/mol. The molecule has 1 fully saturated rings. The third-order valence-electron chi connectivity index (χ3n) is 5.32. The maximum Gasteiger partial charge on any atom is 0.264 e. The number of piperazine rings is 1. The lowest BCUT2D eigenvalue weighted by molar-refractivity contribution is -0.121. The molecule has 30 heavy (non-hydrogen) atoms. The zero-order chi connectivity index (χ0) is 21.4. The molecule has 2 aromatic carbocycles. The first-order chi connectivity index (χ1) is 14.4. The molecule has 1 saturated heterocycles. The summed E-state index contributed by atoms with van der Waals surface area (Å²) in [7, 11) is 1.62. The summed E-state index contributed by atoms with van der Waals surface area (Å²) < 4.78 is 33.1. The van der Waals surface area contributed by atoms with E-state index < -0.39 is 23.1 Å². The molecule has 0 unspecified atom stereocenters. The van der Waals surface area contributed by atoms with Gasteiger partial charge in [0.1, 0.15) is 22.9 Å². The van der Waals surface area contributed by atoms with E-state index in [-0.39, 0.29) is 44.6 Å². The molecule has 2 aromatic rings. The lowest BCUT2D eigenvalue weighted by Gasteiger charge is -2.35. The molecule has 0 N–H and O–H groups in total. The Morgan fingerprint density at radius 3 is 2.17 bits per heavy atom. The van der Waals surface area contributed by atoms with Gasteiger partial charge < -0.3 is 19.4 Å². The van der Waals surface area contributed by atoms with Gasteiger partial charge in [0.15, 0.2) is 6.61 Å². The van der Waals surface area contributed by atoms with Gasteiger partial charge in [-0.2, -0.15) is 0 Å². The summed E-state index contributed by atoms with van der Waals surface area (Å²) in [6.45, 7) is 0.719. The lowest BCUT2D eigenvalue weighted by Crippen LogP contribution is -2.51. The van der Waals surface area contributed by atoms with Crippen molar-refractivity contribution in [3.8, 4) is 5.75 Å². The van der Waals surface area contributed by atoms with Crippen molar-refractivity contribution >= 4 is 23.4 Å². The fraction of sp³-hybridized carbons (Fsp3) is 0.286. The maximum absolute atomic E-state index is 13.9. The summed E-state index contributed by atoms with van der Waals surface area (Å²) in [5.41, 5.74) is 0.319. The standard InChI is InChI=1S/C21H19F2N3O4/c1-24-16-11-13(5-6-17(16)30-12-18(24)27)20(28)25-7-9-26(10-8-25)21(29)19-14(22)3-2-4-15(19)23/h2-6,11H,7-10,12H2,1H3. The van der Waals surface area contributed by atoms with Gasteiger partial charge in [0.2, 0.25) is 0 Å². The van der Waals surface area contributed by atoms with Gasteiger partial charge >= 0.3 is 0 Å². The minimum atomic E-state index is -0.909. The molecule has 0 aliphatic carbocycles. The van der Waals surface area contributed by atoms with Crippen LogP contribution in [0.2, 0.25) is 0 Å². The number of halogens is 2. The second-order valence-electron chi connectivity index (χ2n) is 7.10. The third-order valence-corrected chi connectivity index (χ3v) is 5.32. The highest BCUT2D eigenvalue weighted by Crippen LogP contribution is 2.32. The molecule has 0 bridgehead atoms. The van der Waals surface area contributed by atoms with Crippen LogP contribution in [-0.4, -0.2) is 67.4 Å². The molecule has 0 aromatic heterocycles. The molecule has 0 radical (unpaired) electrons. The Bertz CT molecular complexity index is 1010. The molecule has 2 heterocycles. The van der Waals surface area contributed by atoms with Crippen LogP contribution in [0.15, 0.2) is 36.4 Å². The number of hydrogen-bond acceptors (Lipinski definition) is 4. The van der Waals surface area contributed by atoms with Gasteiger partial charge in [-0.1, -0.05) is 6.07 Å². The summed E-state index contributed by atoms with van der Waals surface area (Å²) in [4.78, 5) is 41.5. The van der Waals surface area contributed by atoms with Crippen molar-refractivity contribution in [2.45, 2.75) is 0 Å². The Hall–Kier alpha value is -3.49. The van der Waals surface area contributed by atoms with E-state index in [9.17, 15) is 23.2 Å². The Balaban J connectivity index is 1.45. The second-order valence-corrected chi connectivity index (χ2v) is 7.10. The summed E-state index contributed by atoms with van der Waals surface area (Å²) >= 11 is 0. The molecule has 7 nitrogen and oxygen atoms in total. The highest BCUT2D eigenvalue weighted by Gasteiger charge is 2.29. The highest BCUT2D eigenvalue weighted by molar-refractivity contribution is 6.01. The first kappa shape index (κ1) is 19.8. The fourth-order valence-corrected chi connectivity index (χ4v) is 3.56. The van der Waals surface area contributed by atoms with Gasteiger partial charge in [-0.3, -0.25) is 14.4 Å². The summed E-state index contributed by atoms with van der Waals surface area (Å²) in [5.74, 6) is -2.49. The normalized spacial score (nSPS) is 16.2. The molecule has 0 saturated carbocycles. The van der Waals surface area contributed by atoms with E-state index in [1.807, 2.05) is 0 Å². The smallest absolute Gasteiger partial charge is 0.264 e. The Morgan fingerprint density at radius 2 is 1.53 bits per heavy atom. The average Bonchev–Trinajstić information content (AvgIpc) is 2.75. The number of nitrogens with zero attached hydrogens (tertiary/aromatic N) is 3. The lowest BCUT2D eigenvalue weighted by atomic mass is 10.1. The predicted octanol–water partition coefficient (Wildman–Crippen LogP) is 1.92. The van der Waals surface area contributed by atoms with Crippen molar-refractivity contribution in [2.24, 2.45) is 0 Å². The molecule has 0 atom stereocenters. The first-order valence-corrected chi connectivity index (χ1v) is 9.43. The Kier molecular flexibility index (Phi) is 5.11. The van der Waals surface area contributed by atoms with Crippen LogP contribution in [0, 0.1) is 11.6 Å². The second kappa shape index (κ2) is 7.74. The van der Waals surface area contributed by atoms with Crippen LogP contribution in [0.25, 0.3) is 0 Å². The van der Waals surface area contributed by atoms with Gasteiger partial charge in [0, 0.05) is 38.8 Å². The van der Waals surface area contributed by atoms with Crippen molar-refractivity contribution in [3.05, 3.63) is 59.2 Å². The van der Waals surface area contributed by atoms with Crippen LogP contribution in [0.1, 0.15) is 20.7 Å². The molecule has 0 spiro atoms. The van der Waals surface area contributed by atoms with E-state index in [0.29, 0.717) is 17.0 Å². The number of fused-ring (bicyclic) bond motifs is 1. The van der Waals surface area contributed by atoms with Crippen LogP contribution in [0.5, 0.6) is 5.75 Å². The zero-order valence-electron chi connectivity index (χ0n) is 16.2.